The molecule has 0 radical (unpaired) electrons. The van der Waals surface area contributed by atoms with Crippen molar-refractivity contribution in [1.82, 2.24) is 5.32 Å². The van der Waals surface area contributed by atoms with E-state index in [-0.39, 0.29) is 0 Å². The summed E-state index contributed by atoms with van der Waals surface area (Å²) in [6.45, 7) is 5.31. The van der Waals surface area contributed by atoms with Gasteiger partial charge < -0.3 is 20.3 Å². The van der Waals surface area contributed by atoms with Crippen LogP contribution in [0, 0.1) is 0 Å². The second-order valence-electron chi connectivity index (χ2n) is 4.89. The van der Waals surface area contributed by atoms with Gasteiger partial charge in [0.05, 0.1) is 12.1 Å². The fourth-order valence-corrected chi connectivity index (χ4v) is 1.58. The number of rotatable bonds is 1. The Morgan fingerprint density at radius 2 is 1.93 bits per heavy atom. The number of carbonyl (C=O) groups is 1. The molecule has 15 heavy (non-hydrogen) atoms. The van der Waals surface area contributed by atoms with Crippen molar-refractivity contribution in [2.45, 2.75) is 57.5 Å². The summed E-state index contributed by atoms with van der Waals surface area (Å²) in [6.07, 6.45) is -1.12. The Kier molecular flexibility index (Phi) is 3.57. The fourth-order valence-electron chi connectivity index (χ4n) is 1.58. The van der Waals surface area contributed by atoms with Gasteiger partial charge in [-0.3, -0.25) is 0 Å². The molecule has 1 amide bonds. The molecule has 1 rings (SSSR count). The van der Waals surface area contributed by atoms with Gasteiger partial charge in [-0.2, -0.15) is 0 Å². The van der Waals surface area contributed by atoms with E-state index in [9.17, 15) is 15.0 Å². The predicted octanol–water partition coefficient (Wildman–Crippen LogP) is 0.395. The Hall–Kier alpha value is -0.810. The lowest BCUT2D eigenvalue weighted by Crippen LogP contribution is -2.44. The van der Waals surface area contributed by atoms with E-state index in [0.717, 1.165) is 0 Å². The van der Waals surface area contributed by atoms with E-state index >= 15 is 0 Å². The molecule has 0 unspecified atom stereocenters. The summed E-state index contributed by atoms with van der Waals surface area (Å²) in [7, 11) is 0. The lowest BCUT2D eigenvalue weighted by Gasteiger charge is -2.23. The first-order valence-electron chi connectivity index (χ1n) is 5.15. The monoisotopic (exact) mass is 217 g/mol. The summed E-state index contributed by atoms with van der Waals surface area (Å²) in [5.74, 6) is 0. The Morgan fingerprint density at radius 1 is 1.33 bits per heavy atom. The predicted molar refractivity (Wildman–Crippen MR) is 54.4 cm³/mol. The molecule has 0 aromatic heterocycles. The molecule has 88 valence electrons. The normalized spacial score (nSPS) is 31.4. The van der Waals surface area contributed by atoms with Gasteiger partial charge in [-0.15, -0.1) is 0 Å². The van der Waals surface area contributed by atoms with Crippen molar-refractivity contribution < 1.29 is 19.7 Å². The zero-order valence-corrected chi connectivity index (χ0v) is 9.36. The minimum absolute atomic E-state index is 0.408. The number of ether oxygens (including phenoxy) is 1. The van der Waals surface area contributed by atoms with Crippen LogP contribution in [0.2, 0.25) is 0 Å². The number of aliphatic hydroxyl groups is 2. The van der Waals surface area contributed by atoms with Crippen LogP contribution in [0.15, 0.2) is 0 Å². The molecule has 1 saturated carbocycles. The Bertz CT molecular complexity index is 236. The van der Waals surface area contributed by atoms with Crippen LogP contribution >= 0.6 is 0 Å². The third-order valence-electron chi connectivity index (χ3n) is 2.28. The van der Waals surface area contributed by atoms with Crippen LogP contribution in [-0.4, -0.2) is 40.2 Å². The second-order valence-corrected chi connectivity index (χ2v) is 4.89. The van der Waals surface area contributed by atoms with Crippen LogP contribution < -0.4 is 5.32 Å². The average molecular weight is 217 g/mol. The summed E-state index contributed by atoms with van der Waals surface area (Å²) in [5.41, 5.74) is -0.549. The van der Waals surface area contributed by atoms with Gasteiger partial charge in [-0.25, -0.2) is 4.79 Å². The summed E-state index contributed by atoms with van der Waals surface area (Å²) in [5, 5.41) is 21.3. The molecule has 0 aromatic rings. The van der Waals surface area contributed by atoms with Gasteiger partial charge >= 0.3 is 6.09 Å². The van der Waals surface area contributed by atoms with Crippen LogP contribution in [0.5, 0.6) is 0 Å². The highest BCUT2D eigenvalue weighted by Crippen LogP contribution is 2.20. The van der Waals surface area contributed by atoms with Crippen LogP contribution in [0.25, 0.3) is 0 Å². The first kappa shape index (κ1) is 12.3. The molecule has 5 heteroatoms. The third kappa shape index (κ3) is 3.68. The zero-order chi connectivity index (χ0) is 11.6. The van der Waals surface area contributed by atoms with Crippen molar-refractivity contribution >= 4 is 6.09 Å². The van der Waals surface area contributed by atoms with E-state index in [1.807, 2.05) is 0 Å². The molecule has 1 aliphatic rings. The fraction of sp³-hybridized carbons (Fsp3) is 0.900. The topological polar surface area (TPSA) is 78.8 Å². The summed E-state index contributed by atoms with van der Waals surface area (Å²) in [6, 6.07) is -0.408. The molecule has 0 spiro atoms. The Labute approximate surface area is 89.4 Å². The van der Waals surface area contributed by atoms with E-state index in [0.29, 0.717) is 12.8 Å². The molecule has 1 fully saturated rings. The molecular weight excluding hydrogens is 198 g/mol. The smallest absolute Gasteiger partial charge is 0.407 e. The zero-order valence-electron chi connectivity index (χ0n) is 9.36. The summed E-state index contributed by atoms with van der Waals surface area (Å²) >= 11 is 0. The molecule has 3 atom stereocenters. The maximum atomic E-state index is 11.3. The quantitative estimate of drug-likeness (QED) is 0.594. The lowest BCUT2D eigenvalue weighted by atomic mass is 10.2. The minimum Gasteiger partial charge on any atom is -0.444 e. The number of hydrogen-bond donors (Lipinski definition) is 3. The Morgan fingerprint density at radius 3 is 2.33 bits per heavy atom. The highest BCUT2D eigenvalue weighted by atomic mass is 16.6. The van der Waals surface area contributed by atoms with Gasteiger partial charge in [0.2, 0.25) is 0 Å². The van der Waals surface area contributed by atoms with Gasteiger partial charge in [-0.1, -0.05) is 0 Å². The first-order valence-corrected chi connectivity index (χ1v) is 5.15. The number of amides is 1. The molecule has 0 heterocycles. The molecule has 1 aliphatic carbocycles. The van der Waals surface area contributed by atoms with Crippen LogP contribution in [-0.2, 0) is 4.74 Å². The van der Waals surface area contributed by atoms with E-state index < -0.39 is 29.9 Å². The number of carbonyl (C=O) groups excluding carboxylic acids is 1. The van der Waals surface area contributed by atoms with E-state index in [1.54, 1.807) is 20.8 Å². The number of nitrogens with one attached hydrogen (secondary N) is 1. The maximum absolute atomic E-state index is 11.3. The second kappa shape index (κ2) is 4.37. The lowest BCUT2D eigenvalue weighted by molar-refractivity contribution is 0.0201. The number of hydrogen-bond acceptors (Lipinski definition) is 4. The molecule has 3 N–H and O–H groups in total. The molecule has 5 nitrogen and oxygen atoms in total. The average Bonchev–Trinajstić information content (AvgIpc) is 2.32. The first-order chi connectivity index (χ1) is 6.79. The molecule has 0 bridgehead atoms. The van der Waals surface area contributed by atoms with Crippen molar-refractivity contribution in [2.24, 2.45) is 0 Å². The van der Waals surface area contributed by atoms with E-state index in [4.69, 9.17) is 4.74 Å². The van der Waals surface area contributed by atoms with Crippen molar-refractivity contribution in [3.63, 3.8) is 0 Å². The van der Waals surface area contributed by atoms with Gasteiger partial charge in [0.15, 0.2) is 0 Å². The van der Waals surface area contributed by atoms with Gasteiger partial charge in [0.1, 0.15) is 11.7 Å². The SMILES string of the molecule is CC(C)(C)OC(=O)N[C@H]1CC[C@H](O)[C@@H]1O. The number of alkyl carbamates (subject to hydrolysis) is 1. The highest BCUT2D eigenvalue weighted by Gasteiger charge is 2.35. The van der Waals surface area contributed by atoms with E-state index in [1.165, 1.54) is 0 Å². The maximum Gasteiger partial charge on any atom is 0.407 e. The van der Waals surface area contributed by atoms with Crippen LogP contribution in [0.3, 0.4) is 0 Å². The standard InChI is InChI=1S/C10H19NO4/c1-10(2,3)15-9(14)11-6-4-5-7(12)8(6)13/h6-8,12-13H,4-5H2,1-3H3,(H,11,14)/t6-,7-,8+/m0/s1. The molecule has 0 saturated heterocycles. The largest absolute Gasteiger partial charge is 0.444 e. The van der Waals surface area contributed by atoms with Crippen molar-refractivity contribution in [2.75, 3.05) is 0 Å². The minimum atomic E-state index is -0.891. The van der Waals surface area contributed by atoms with Crippen molar-refractivity contribution in [3.05, 3.63) is 0 Å². The Balaban J connectivity index is 2.39. The van der Waals surface area contributed by atoms with Gasteiger partial charge in [0, 0.05) is 0 Å². The molecular formula is C10H19NO4. The van der Waals surface area contributed by atoms with Crippen molar-refractivity contribution in [1.29, 1.82) is 0 Å². The van der Waals surface area contributed by atoms with Gasteiger partial charge in [-0.05, 0) is 33.6 Å². The molecule has 0 aromatic carbocycles. The van der Waals surface area contributed by atoms with Gasteiger partial charge in [0.25, 0.3) is 0 Å². The third-order valence-corrected chi connectivity index (χ3v) is 2.28. The molecule has 0 aliphatic heterocycles. The summed E-state index contributed by atoms with van der Waals surface area (Å²) in [4.78, 5) is 11.3. The van der Waals surface area contributed by atoms with E-state index in [2.05, 4.69) is 5.32 Å². The van der Waals surface area contributed by atoms with Crippen LogP contribution in [0.4, 0.5) is 4.79 Å². The number of aliphatic hydroxyl groups excluding tert-OH is 2. The summed E-state index contributed by atoms with van der Waals surface area (Å²) < 4.78 is 5.04. The highest BCUT2D eigenvalue weighted by molar-refractivity contribution is 5.68. The van der Waals surface area contributed by atoms with Crippen molar-refractivity contribution in [3.8, 4) is 0 Å². The van der Waals surface area contributed by atoms with Crippen LogP contribution in [0.1, 0.15) is 33.6 Å².